The van der Waals surface area contributed by atoms with Crippen molar-refractivity contribution in [2.24, 2.45) is 0 Å². The quantitative estimate of drug-likeness (QED) is 0.541. The number of esters is 1. The van der Waals surface area contributed by atoms with Gasteiger partial charge in [-0.3, -0.25) is 4.79 Å². The Hall–Kier alpha value is -0.570. The van der Waals surface area contributed by atoms with Crippen molar-refractivity contribution in [2.45, 2.75) is 26.3 Å². The van der Waals surface area contributed by atoms with Gasteiger partial charge in [0.15, 0.2) is 0 Å². The first-order valence-electron chi connectivity index (χ1n) is 3.40. The molecule has 0 saturated heterocycles. The van der Waals surface area contributed by atoms with E-state index in [1.165, 1.54) is 7.11 Å². The molecular formula is C7H14NO2. The van der Waals surface area contributed by atoms with E-state index in [-0.39, 0.29) is 5.97 Å². The van der Waals surface area contributed by atoms with Crippen LogP contribution in [0.2, 0.25) is 0 Å². The zero-order chi connectivity index (χ0) is 7.98. The largest absolute Gasteiger partial charge is 0.469 e. The summed E-state index contributed by atoms with van der Waals surface area (Å²) >= 11 is 0. The second-order valence-corrected chi connectivity index (χ2v) is 2.33. The van der Waals surface area contributed by atoms with E-state index in [1.54, 1.807) is 0 Å². The number of nitrogens with zero attached hydrogens (tertiary/aromatic N) is 1. The molecule has 0 aromatic carbocycles. The van der Waals surface area contributed by atoms with Gasteiger partial charge in [0.2, 0.25) is 0 Å². The third-order valence-electron chi connectivity index (χ3n) is 1.04. The number of carbonyl (C=O) groups is 1. The van der Waals surface area contributed by atoms with Crippen molar-refractivity contribution < 1.29 is 9.53 Å². The molecule has 0 unspecified atom stereocenters. The summed E-state index contributed by atoms with van der Waals surface area (Å²) in [5.41, 5.74) is 0. The minimum absolute atomic E-state index is 0.190. The molecule has 0 saturated carbocycles. The zero-order valence-corrected chi connectivity index (χ0v) is 6.76. The van der Waals surface area contributed by atoms with Crippen LogP contribution in [0, 0.1) is 0 Å². The lowest BCUT2D eigenvalue weighted by molar-refractivity contribution is -0.140. The summed E-state index contributed by atoms with van der Waals surface area (Å²) in [5.74, 6) is -0.190. The van der Waals surface area contributed by atoms with Crippen LogP contribution in [0.5, 0.6) is 0 Å². The molecule has 0 aromatic heterocycles. The number of carbonyl (C=O) groups excluding carboxylic acids is 1. The molecule has 0 aliphatic carbocycles. The summed E-state index contributed by atoms with van der Waals surface area (Å²) < 4.78 is 4.43. The normalized spacial score (nSPS) is 10.0. The summed E-state index contributed by atoms with van der Waals surface area (Å²) in [4.78, 5) is 10.5. The van der Waals surface area contributed by atoms with E-state index < -0.39 is 0 Å². The van der Waals surface area contributed by atoms with Crippen LogP contribution in [0.1, 0.15) is 20.3 Å². The maximum atomic E-state index is 10.5. The molecule has 0 aromatic rings. The fourth-order valence-corrected chi connectivity index (χ4v) is 0.516. The van der Waals surface area contributed by atoms with Gasteiger partial charge in [-0.25, -0.2) is 5.32 Å². The highest BCUT2D eigenvalue weighted by atomic mass is 16.5. The Morgan fingerprint density at radius 2 is 2.20 bits per heavy atom. The van der Waals surface area contributed by atoms with Crippen LogP contribution >= 0.6 is 0 Å². The van der Waals surface area contributed by atoms with Crippen LogP contribution in [-0.4, -0.2) is 25.7 Å². The number of rotatable bonds is 4. The molecule has 0 aliphatic rings. The lowest BCUT2D eigenvalue weighted by Crippen LogP contribution is -2.18. The van der Waals surface area contributed by atoms with Crippen molar-refractivity contribution >= 4 is 5.97 Å². The minimum atomic E-state index is -0.190. The third kappa shape index (κ3) is 5.56. The highest BCUT2D eigenvalue weighted by Gasteiger charge is 2.00. The Bertz CT molecular complexity index is 102. The fourth-order valence-electron chi connectivity index (χ4n) is 0.516. The second-order valence-electron chi connectivity index (χ2n) is 2.33. The number of methoxy groups -OCH3 is 1. The Morgan fingerprint density at radius 3 is 2.60 bits per heavy atom. The smallest absolute Gasteiger partial charge is 0.306 e. The van der Waals surface area contributed by atoms with Crippen molar-refractivity contribution in [2.75, 3.05) is 13.7 Å². The molecular weight excluding hydrogens is 130 g/mol. The van der Waals surface area contributed by atoms with Gasteiger partial charge < -0.3 is 4.74 Å². The standard InChI is InChI=1S/C7H14NO2/c1-6(2)8-5-4-7(9)10-3/h6H,4-5H2,1-3H3. The van der Waals surface area contributed by atoms with Crippen molar-refractivity contribution in [3.8, 4) is 0 Å². The van der Waals surface area contributed by atoms with Crippen LogP contribution < -0.4 is 5.32 Å². The van der Waals surface area contributed by atoms with Gasteiger partial charge in [-0.15, -0.1) is 0 Å². The van der Waals surface area contributed by atoms with Crippen LogP contribution in [0.3, 0.4) is 0 Å². The molecule has 3 nitrogen and oxygen atoms in total. The predicted molar refractivity (Wildman–Crippen MR) is 38.8 cm³/mol. The maximum absolute atomic E-state index is 10.5. The zero-order valence-electron chi connectivity index (χ0n) is 6.76. The Labute approximate surface area is 61.8 Å². The van der Waals surface area contributed by atoms with Gasteiger partial charge in [0.05, 0.1) is 13.5 Å². The van der Waals surface area contributed by atoms with Crippen LogP contribution in [-0.2, 0) is 9.53 Å². The Morgan fingerprint density at radius 1 is 1.60 bits per heavy atom. The molecule has 0 atom stereocenters. The summed E-state index contributed by atoms with van der Waals surface area (Å²) in [6.07, 6.45) is 0.397. The first kappa shape index (κ1) is 9.43. The Kier molecular flexibility index (Phi) is 4.94. The lowest BCUT2D eigenvalue weighted by atomic mass is 10.3. The molecule has 59 valence electrons. The molecule has 0 spiro atoms. The molecule has 0 heterocycles. The van der Waals surface area contributed by atoms with E-state index in [1.807, 2.05) is 13.8 Å². The summed E-state index contributed by atoms with van der Waals surface area (Å²) in [6.45, 7) is 4.54. The van der Waals surface area contributed by atoms with Crippen molar-refractivity contribution in [1.82, 2.24) is 5.32 Å². The highest BCUT2D eigenvalue weighted by Crippen LogP contribution is 1.85. The fraction of sp³-hybridized carbons (Fsp3) is 0.857. The van der Waals surface area contributed by atoms with E-state index in [4.69, 9.17) is 0 Å². The third-order valence-corrected chi connectivity index (χ3v) is 1.04. The van der Waals surface area contributed by atoms with Crippen molar-refractivity contribution in [3.63, 3.8) is 0 Å². The van der Waals surface area contributed by atoms with E-state index in [2.05, 4.69) is 10.1 Å². The van der Waals surface area contributed by atoms with Crippen LogP contribution in [0.25, 0.3) is 0 Å². The molecule has 3 heteroatoms. The average molecular weight is 144 g/mol. The molecule has 0 fully saturated rings. The number of ether oxygens (including phenoxy) is 1. The van der Waals surface area contributed by atoms with Gasteiger partial charge in [-0.05, 0) is 13.8 Å². The van der Waals surface area contributed by atoms with E-state index >= 15 is 0 Å². The van der Waals surface area contributed by atoms with E-state index in [0.717, 1.165) is 0 Å². The van der Waals surface area contributed by atoms with Gasteiger partial charge in [-0.1, -0.05) is 0 Å². The van der Waals surface area contributed by atoms with Gasteiger partial charge >= 0.3 is 5.97 Å². The van der Waals surface area contributed by atoms with Gasteiger partial charge in [-0.2, -0.15) is 0 Å². The molecule has 0 N–H and O–H groups in total. The van der Waals surface area contributed by atoms with Crippen molar-refractivity contribution in [3.05, 3.63) is 0 Å². The van der Waals surface area contributed by atoms with Crippen molar-refractivity contribution in [1.29, 1.82) is 0 Å². The molecule has 1 radical (unpaired) electrons. The van der Waals surface area contributed by atoms with E-state index in [0.29, 0.717) is 19.0 Å². The second kappa shape index (κ2) is 5.23. The van der Waals surface area contributed by atoms with E-state index in [9.17, 15) is 4.79 Å². The average Bonchev–Trinajstić information content (AvgIpc) is 1.87. The SMILES string of the molecule is COC(=O)CC[N]C(C)C. The minimum Gasteiger partial charge on any atom is -0.469 e. The summed E-state index contributed by atoms with van der Waals surface area (Å²) in [6, 6.07) is 0.310. The van der Waals surface area contributed by atoms with Gasteiger partial charge in [0.25, 0.3) is 0 Å². The summed E-state index contributed by atoms with van der Waals surface area (Å²) in [7, 11) is 1.39. The monoisotopic (exact) mass is 144 g/mol. The molecule has 0 rings (SSSR count). The predicted octanol–water partition coefficient (Wildman–Crippen LogP) is 0.562. The first-order chi connectivity index (χ1) is 4.66. The van der Waals surface area contributed by atoms with Crippen LogP contribution in [0.4, 0.5) is 0 Å². The molecule has 0 bridgehead atoms. The Balaban J connectivity index is 3.12. The molecule has 10 heavy (non-hydrogen) atoms. The summed E-state index contributed by atoms with van der Waals surface area (Å²) in [5, 5.41) is 4.11. The topological polar surface area (TPSA) is 40.4 Å². The first-order valence-corrected chi connectivity index (χ1v) is 3.40. The number of hydrogen-bond acceptors (Lipinski definition) is 2. The lowest BCUT2D eigenvalue weighted by Gasteiger charge is -2.03. The number of hydrogen-bond donors (Lipinski definition) is 0. The van der Waals surface area contributed by atoms with Gasteiger partial charge in [0.1, 0.15) is 0 Å². The molecule has 0 aliphatic heterocycles. The van der Waals surface area contributed by atoms with Crippen LogP contribution in [0.15, 0.2) is 0 Å². The molecule has 0 amide bonds. The maximum Gasteiger partial charge on any atom is 0.306 e. The van der Waals surface area contributed by atoms with Gasteiger partial charge in [0, 0.05) is 12.6 Å². The highest BCUT2D eigenvalue weighted by molar-refractivity contribution is 5.69.